The number of hydrogen-bond acceptors (Lipinski definition) is 0. The fraction of sp³-hybridized carbons (Fsp3) is 0.833. The number of rotatable bonds is 0. The molecule has 0 aliphatic heterocycles. The Bertz CT molecular complexity index is 33.3. The Morgan fingerprint density at radius 1 is 1.67 bits per heavy atom. The smallest absolute Gasteiger partial charge is 0.0143 e. The van der Waals surface area contributed by atoms with Crippen molar-refractivity contribution in [2.24, 2.45) is 5.92 Å². The molecule has 1 aliphatic carbocycles. The van der Waals surface area contributed by atoms with Crippen molar-refractivity contribution in [2.45, 2.75) is 26.2 Å². The summed E-state index contributed by atoms with van der Waals surface area (Å²) in [6.45, 7) is 2.23. The monoisotopic (exact) mass is 82.1 g/mol. The molecule has 34 valence electrons. The van der Waals surface area contributed by atoms with Gasteiger partial charge in [0, 0.05) is 0 Å². The average molecular weight is 82.1 g/mol. The molecule has 6 heavy (non-hydrogen) atoms. The van der Waals surface area contributed by atoms with Crippen molar-refractivity contribution < 1.29 is 0 Å². The van der Waals surface area contributed by atoms with Crippen LogP contribution in [0.15, 0.2) is 0 Å². The lowest BCUT2D eigenvalue weighted by molar-refractivity contribution is 0.692. The molecule has 0 heteroatoms. The minimum atomic E-state index is 0.796. The van der Waals surface area contributed by atoms with E-state index >= 15 is 0 Å². The molecule has 1 atom stereocenters. The standard InChI is InChI=1S/C6H10/c1-6-4-2-3-5-6/h6H,2-4H2,1H3. The topological polar surface area (TPSA) is 0 Å². The Morgan fingerprint density at radius 3 is 2.67 bits per heavy atom. The van der Waals surface area contributed by atoms with E-state index in [1.165, 1.54) is 19.3 Å². The van der Waals surface area contributed by atoms with Crippen molar-refractivity contribution in [3.8, 4) is 0 Å². The maximum absolute atomic E-state index is 3.32. The Hall–Kier alpha value is 0. The maximum atomic E-state index is 3.32. The molecule has 0 aromatic carbocycles. The van der Waals surface area contributed by atoms with Crippen LogP contribution in [0, 0.1) is 12.3 Å². The molecule has 0 heterocycles. The first-order valence-corrected chi connectivity index (χ1v) is 2.63. The molecular weight excluding hydrogens is 72.1 g/mol. The summed E-state index contributed by atoms with van der Waals surface area (Å²) < 4.78 is 0. The van der Waals surface area contributed by atoms with Gasteiger partial charge in [-0.15, -0.1) is 0 Å². The van der Waals surface area contributed by atoms with Crippen LogP contribution in [-0.4, -0.2) is 0 Å². The second kappa shape index (κ2) is 1.63. The van der Waals surface area contributed by atoms with E-state index < -0.39 is 0 Å². The minimum absolute atomic E-state index is 0.796. The van der Waals surface area contributed by atoms with E-state index in [9.17, 15) is 0 Å². The van der Waals surface area contributed by atoms with Gasteiger partial charge in [0.25, 0.3) is 0 Å². The lowest BCUT2D eigenvalue weighted by atomic mass is 10.2. The zero-order valence-corrected chi connectivity index (χ0v) is 4.20. The highest BCUT2D eigenvalue weighted by Gasteiger charge is 2.08. The van der Waals surface area contributed by atoms with Gasteiger partial charge in [0.05, 0.1) is 0 Å². The van der Waals surface area contributed by atoms with E-state index in [-0.39, 0.29) is 0 Å². The third kappa shape index (κ3) is 0.735. The molecule has 0 amide bonds. The summed E-state index contributed by atoms with van der Waals surface area (Å²) in [6, 6.07) is 0. The van der Waals surface area contributed by atoms with Crippen LogP contribution >= 0.6 is 0 Å². The van der Waals surface area contributed by atoms with Crippen LogP contribution in [0.4, 0.5) is 0 Å². The van der Waals surface area contributed by atoms with Crippen LogP contribution in [0.25, 0.3) is 0 Å². The summed E-state index contributed by atoms with van der Waals surface area (Å²) in [5, 5.41) is 0. The number of hydrogen-bond donors (Lipinski definition) is 0. The molecule has 1 aliphatic rings. The summed E-state index contributed by atoms with van der Waals surface area (Å²) in [5.41, 5.74) is 0. The highest BCUT2D eigenvalue weighted by atomic mass is 14.1. The van der Waals surface area contributed by atoms with Crippen molar-refractivity contribution in [3.63, 3.8) is 0 Å². The maximum Gasteiger partial charge on any atom is -0.0143 e. The highest BCUT2D eigenvalue weighted by Crippen LogP contribution is 2.21. The van der Waals surface area contributed by atoms with E-state index in [0.29, 0.717) is 0 Å². The molecule has 0 saturated heterocycles. The molecule has 0 bridgehead atoms. The molecule has 0 N–H and O–H groups in total. The summed E-state index contributed by atoms with van der Waals surface area (Å²) in [5.74, 6) is 0.796. The summed E-state index contributed by atoms with van der Waals surface area (Å²) in [6.07, 6.45) is 7.31. The average Bonchev–Trinajstić information content (AvgIpc) is 1.86. The van der Waals surface area contributed by atoms with Gasteiger partial charge in [-0.25, -0.2) is 0 Å². The molecule has 1 rings (SSSR count). The molecule has 0 aromatic rings. The molecule has 1 unspecified atom stereocenters. The SMILES string of the molecule is CC1[C]CCC1. The van der Waals surface area contributed by atoms with Crippen molar-refractivity contribution in [3.05, 3.63) is 6.42 Å². The van der Waals surface area contributed by atoms with Gasteiger partial charge in [-0.1, -0.05) is 19.8 Å². The lowest BCUT2D eigenvalue weighted by Crippen LogP contribution is -1.79. The molecule has 2 radical (unpaired) electrons. The third-order valence-corrected chi connectivity index (χ3v) is 1.31. The van der Waals surface area contributed by atoms with Gasteiger partial charge in [-0.05, 0) is 18.8 Å². The zero-order chi connectivity index (χ0) is 4.41. The largest absolute Gasteiger partial charge is 0.0619 e. The predicted octanol–water partition coefficient (Wildman–Crippen LogP) is 1.89. The van der Waals surface area contributed by atoms with Gasteiger partial charge in [-0.3, -0.25) is 0 Å². The fourth-order valence-electron chi connectivity index (χ4n) is 0.859. The molecule has 0 aromatic heterocycles. The third-order valence-electron chi connectivity index (χ3n) is 1.31. The lowest BCUT2D eigenvalue weighted by Gasteiger charge is -1.90. The Labute approximate surface area is 39.6 Å². The van der Waals surface area contributed by atoms with Crippen molar-refractivity contribution in [1.82, 2.24) is 0 Å². The van der Waals surface area contributed by atoms with Gasteiger partial charge in [0.2, 0.25) is 0 Å². The molecule has 0 spiro atoms. The first-order chi connectivity index (χ1) is 2.89. The van der Waals surface area contributed by atoms with E-state index in [1.54, 1.807) is 0 Å². The van der Waals surface area contributed by atoms with E-state index in [1.807, 2.05) is 0 Å². The van der Waals surface area contributed by atoms with E-state index in [0.717, 1.165) is 5.92 Å². The van der Waals surface area contributed by atoms with Crippen molar-refractivity contribution in [2.75, 3.05) is 0 Å². The van der Waals surface area contributed by atoms with Gasteiger partial charge < -0.3 is 0 Å². The van der Waals surface area contributed by atoms with E-state index in [4.69, 9.17) is 0 Å². The van der Waals surface area contributed by atoms with Crippen molar-refractivity contribution in [1.29, 1.82) is 0 Å². The fourth-order valence-corrected chi connectivity index (χ4v) is 0.859. The Kier molecular flexibility index (Phi) is 1.13. The molecule has 1 saturated carbocycles. The van der Waals surface area contributed by atoms with E-state index in [2.05, 4.69) is 13.3 Å². The summed E-state index contributed by atoms with van der Waals surface area (Å²) >= 11 is 0. The molecule has 1 fully saturated rings. The summed E-state index contributed by atoms with van der Waals surface area (Å²) in [7, 11) is 0. The van der Waals surface area contributed by atoms with Gasteiger partial charge in [-0.2, -0.15) is 0 Å². The van der Waals surface area contributed by atoms with Crippen LogP contribution in [0.2, 0.25) is 0 Å². The molecule has 0 nitrogen and oxygen atoms in total. The summed E-state index contributed by atoms with van der Waals surface area (Å²) in [4.78, 5) is 0. The molecular formula is C6H10. The Balaban J connectivity index is 2.18. The first-order valence-electron chi connectivity index (χ1n) is 2.63. The van der Waals surface area contributed by atoms with Crippen LogP contribution in [0.5, 0.6) is 0 Å². The van der Waals surface area contributed by atoms with Gasteiger partial charge >= 0.3 is 0 Å². The van der Waals surface area contributed by atoms with Crippen LogP contribution in [-0.2, 0) is 0 Å². The second-order valence-electron chi connectivity index (χ2n) is 2.00. The normalized spacial score (nSPS) is 25.5. The Morgan fingerprint density at radius 2 is 2.50 bits per heavy atom. The van der Waals surface area contributed by atoms with Crippen LogP contribution < -0.4 is 0 Å². The minimum Gasteiger partial charge on any atom is -0.0619 e. The predicted molar refractivity (Wildman–Crippen MR) is 26.3 cm³/mol. The van der Waals surface area contributed by atoms with Crippen LogP contribution in [0.1, 0.15) is 26.2 Å². The second-order valence-corrected chi connectivity index (χ2v) is 2.00. The zero-order valence-electron chi connectivity index (χ0n) is 4.20. The highest BCUT2D eigenvalue weighted by molar-refractivity contribution is 4.79. The quantitative estimate of drug-likeness (QED) is 0.418. The van der Waals surface area contributed by atoms with Crippen LogP contribution in [0.3, 0.4) is 0 Å². The van der Waals surface area contributed by atoms with Gasteiger partial charge in [0.1, 0.15) is 0 Å². The van der Waals surface area contributed by atoms with Gasteiger partial charge in [0.15, 0.2) is 0 Å². The first kappa shape index (κ1) is 4.17. The van der Waals surface area contributed by atoms with Crippen molar-refractivity contribution >= 4 is 0 Å².